The first kappa shape index (κ1) is 40.9. The number of benzene rings is 3. The third-order valence-electron chi connectivity index (χ3n) is 8.82. The molecular formula is C38H37F3N8O6S2. The molecule has 0 radical (unpaired) electrons. The molecule has 0 aliphatic carbocycles. The fraction of sp³-hybridized carbons (Fsp3) is 0.263. The van der Waals surface area contributed by atoms with Crippen LogP contribution in [-0.4, -0.2) is 84.4 Å². The van der Waals surface area contributed by atoms with Crippen LogP contribution in [0.2, 0.25) is 0 Å². The van der Waals surface area contributed by atoms with E-state index in [4.69, 9.17) is 4.74 Å². The van der Waals surface area contributed by atoms with Crippen molar-refractivity contribution >= 4 is 44.8 Å². The van der Waals surface area contributed by atoms with E-state index in [-0.39, 0.29) is 36.7 Å². The van der Waals surface area contributed by atoms with Gasteiger partial charge in [0.05, 0.1) is 29.0 Å². The van der Waals surface area contributed by atoms with E-state index in [1.807, 2.05) is 40.0 Å². The van der Waals surface area contributed by atoms with Gasteiger partial charge in [0.25, 0.3) is 21.6 Å². The van der Waals surface area contributed by atoms with Gasteiger partial charge in [-0.15, -0.1) is 16.9 Å². The number of aromatic nitrogens is 3. The number of nitrogens with one attached hydrogen (secondary N) is 2. The highest BCUT2D eigenvalue weighted by Gasteiger charge is 2.33. The summed E-state index contributed by atoms with van der Waals surface area (Å²) in [6.07, 6.45) is -0.349. The predicted octanol–water partition coefficient (Wildman–Crippen LogP) is 6.51. The maximum Gasteiger partial charge on any atom is 0.416 e. The van der Waals surface area contributed by atoms with Crippen molar-refractivity contribution < 1.29 is 36.0 Å². The second-order valence-electron chi connectivity index (χ2n) is 12.7. The fourth-order valence-electron chi connectivity index (χ4n) is 6.18. The maximum atomic E-state index is 14.1. The quantitative estimate of drug-likeness (QED) is 0.0507. The van der Waals surface area contributed by atoms with Gasteiger partial charge in [-0.25, -0.2) is 13.1 Å². The fourth-order valence-corrected chi connectivity index (χ4v) is 8.16. The zero-order valence-corrected chi connectivity index (χ0v) is 32.1. The van der Waals surface area contributed by atoms with Gasteiger partial charge in [-0.2, -0.15) is 18.3 Å². The van der Waals surface area contributed by atoms with Gasteiger partial charge in [0.15, 0.2) is 5.69 Å². The van der Waals surface area contributed by atoms with Crippen molar-refractivity contribution in [2.75, 3.05) is 55.3 Å². The molecule has 2 aromatic heterocycles. The summed E-state index contributed by atoms with van der Waals surface area (Å²) in [5, 5.41) is 22.6. The summed E-state index contributed by atoms with van der Waals surface area (Å²) < 4.78 is 77.4. The monoisotopic (exact) mass is 822 g/mol. The Morgan fingerprint density at radius 2 is 1.75 bits per heavy atom. The highest BCUT2D eigenvalue weighted by Crippen LogP contribution is 2.38. The normalized spacial score (nSPS) is 13.6. The van der Waals surface area contributed by atoms with Gasteiger partial charge in [-0.05, 0) is 72.6 Å². The van der Waals surface area contributed by atoms with E-state index in [9.17, 15) is 36.5 Å². The largest absolute Gasteiger partial charge is 0.492 e. The zero-order valence-electron chi connectivity index (χ0n) is 30.5. The Morgan fingerprint density at radius 3 is 2.44 bits per heavy atom. The van der Waals surface area contributed by atoms with E-state index in [2.05, 4.69) is 20.5 Å². The second-order valence-corrected chi connectivity index (χ2v) is 15.6. The van der Waals surface area contributed by atoms with Crippen molar-refractivity contribution in [3.05, 3.63) is 124 Å². The molecule has 6 rings (SSSR count). The summed E-state index contributed by atoms with van der Waals surface area (Å²) in [6.45, 7) is 3.60. The van der Waals surface area contributed by atoms with Crippen LogP contribution >= 0.6 is 11.8 Å². The number of amides is 1. The van der Waals surface area contributed by atoms with E-state index >= 15 is 0 Å². The number of nitro benzene ring substituents is 1. The Kier molecular flexibility index (Phi) is 12.9. The number of rotatable bonds is 15. The summed E-state index contributed by atoms with van der Waals surface area (Å²) in [5.74, 6) is -0.118. The Balaban J connectivity index is 1.26. The number of carbonyl (C=O) groups excluding carboxylic acids is 1. The summed E-state index contributed by atoms with van der Waals surface area (Å²) in [6, 6.07) is 20.0. The minimum atomic E-state index is -4.72. The number of nitrogens with zero attached hydrogens (tertiary/aromatic N) is 6. The Hall–Kier alpha value is -5.79. The number of pyridine rings is 1. The molecule has 5 aromatic rings. The third-order valence-corrected chi connectivity index (χ3v) is 11.2. The van der Waals surface area contributed by atoms with Crippen LogP contribution in [0.25, 0.3) is 11.1 Å². The van der Waals surface area contributed by atoms with Crippen LogP contribution in [0.15, 0.2) is 107 Å². The van der Waals surface area contributed by atoms with E-state index in [0.717, 1.165) is 23.1 Å². The third kappa shape index (κ3) is 10.5. The Labute approximate surface area is 330 Å². The molecular weight excluding hydrogens is 786 g/mol. The number of halogens is 3. The first-order chi connectivity index (χ1) is 27.3. The topological polar surface area (TPSA) is 173 Å². The SMILES string of the molecule is CCOc1cncc(-c2cc(CN3CCN(c4cc(NCCSc5ccccc5)c([N+](=O)[O-])cc4S(=O)(=O)NC(=O)c4cccnn4)CC3)cc(C(F)(F)F)c2)c1. The summed E-state index contributed by atoms with van der Waals surface area (Å²) >= 11 is 1.53. The van der Waals surface area contributed by atoms with Crippen molar-refractivity contribution in [3.63, 3.8) is 0 Å². The van der Waals surface area contributed by atoms with Crippen molar-refractivity contribution in [3.8, 4) is 16.9 Å². The molecule has 14 nitrogen and oxygen atoms in total. The lowest BCUT2D eigenvalue weighted by molar-refractivity contribution is -0.384. The molecule has 1 amide bonds. The first-order valence-electron chi connectivity index (χ1n) is 17.7. The smallest absolute Gasteiger partial charge is 0.416 e. The molecule has 0 unspecified atom stereocenters. The van der Waals surface area contributed by atoms with Crippen molar-refractivity contribution in [2.45, 2.75) is 29.4 Å². The zero-order chi connectivity index (χ0) is 40.6. The minimum absolute atomic E-state index is 0.0738. The van der Waals surface area contributed by atoms with Gasteiger partial charge in [-0.3, -0.25) is 24.8 Å². The summed E-state index contributed by atoms with van der Waals surface area (Å²) in [7, 11) is -4.72. The predicted molar refractivity (Wildman–Crippen MR) is 209 cm³/mol. The lowest BCUT2D eigenvalue weighted by Gasteiger charge is -2.37. The lowest BCUT2D eigenvalue weighted by atomic mass is 10.00. The van der Waals surface area contributed by atoms with Gasteiger partial charge >= 0.3 is 6.18 Å². The second kappa shape index (κ2) is 18.0. The van der Waals surface area contributed by atoms with E-state index < -0.39 is 43.2 Å². The maximum absolute atomic E-state index is 14.1. The van der Waals surface area contributed by atoms with Crippen molar-refractivity contribution in [2.24, 2.45) is 0 Å². The van der Waals surface area contributed by atoms with Crippen LogP contribution in [-0.2, 0) is 22.7 Å². The van der Waals surface area contributed by atoms with Crippen LogP contribution in [0.3, 0.4) is 0 Å². The average molecular weight is 823 g/mol. The molecule has 0 atom stereocenters. The first-order valence-corrected chi connectivity index (χ1v) is 20.1. The number of alkyl halides is 3. The number of carbonyl (C=O) groups is 1. The molecule has 2 N–H and O–H groups in total. The van der Waals surface area contributed by atoms with Crippen LogP contribution < -0.4 is 19.7 Å². The molecule has 19 heteroatoms. The van der Waals surface area contributed by atoms with Crippen molar-refractivity contribution in [1.29, 1.82) is 0 Å². The molecule has 3 aromatic carbocycles. The number of ether oxygens (including phenoxy) is 1. The summed E-state index contributed by atoms with van der Waals surface area (Å²) in [5.41, 5.74) is -0.265. The Morgan fingerprint density at radius 1 is 0.982 bits per heavy atom. The number of hydrogen-bond donors (Lipinski definition) is 2. The van der Waals surface area contributed by atoms with E-state index in [0.29, 0.717) is 54.4 Å². The lowest BCUT2D eigenvalue weighted by Crippen LogP contribution is -2.46. The molecule has 298 valence electrons. The number of thioether (sulfide) groups is 1. The number of nitro groups is 1. The molecule has 1 saturated heterocycles. The molecule has 1 aliphatic heterocycles. The van der Waals surface area contributed by atoms with Crippen LogP contribution in [0.1, 0.15) is 28.5 Å². The molecule has 3 heterocycles. The van der Waals surface area contributed by atoms with Gasteiger partial charge < -0.3 is 15.0 Å². The molecule has 1 fully saturated rings. The summed E-state index contributed by atoms with van der Waals surface area (Å²) in [4.78, 5) is 32.8. The van der Waals surface area contributed by atoms with Gasteiger partial charge in [0.1, 0.15) is 16.3 Å². The highest BCUT2D eigenvalue weighted by molar-refractivity contribution is 7.99. The molecule has 0 saturated carbocycles. The molecule has 57 heavy (non-hydrogen) atoms. The van der Waals surface area contributed by atoms with Gasteiger partial charge in [0.2, 0.25) is 0 Å². The van der Waals surface area contributed by atoms with E-state index in [1.54, 1.807) is 24.0 Å². The average Bonchev–Trinajstić information content (AvgIpc) is 3.20. The van der Waals surface area contributed by atoms with Crippen LogP contribution in [0.5, 0.6) is 5.75 Å². The Bertz CT molecular complexity index is 2320. The van der Waals surface area contributed by atoms with Crippen LogP contribution in [0.4, 0.5) is 30.2 Å². The molecule has 1 aliphatic rings. The highest BCUT2D eigenvalue weighted by atomic mass is 32.2. The number of hydrogen-bond acceptors (Lipinski definition) is 13. The number of sulfonamides is 1. The minimum Gasteiger partial charge on any atom is -0.492 e. The van der Waals surface area contributed by atoms with Crippen molar-refractivity contribution in [1.82, 2.24) is 24.8 Å². The van der Waals surface area contributed by atoms with E-state index in [1.165, 1.54) is 48.6 Å². The molecule has 0 bridgehead atoms. The standard InChI is InChI=1S/C38H37F3N8O6S2/c1-2-55-30-20-28(23-42-24-30)27-17-26(18-29(19-27)38(39,40)41)25-47-12-14-48(15-13-47)35-21-33(43-11-16-56-31-7-4-3-5-8-31)34(49(51)52)22-36(35)57(53,54)46-37(50)32-9-6-10-44-45-32/h3-10,17-24,43H,2,11-16,25H2,1H3,(H,46,50). The molecule has 0 spiro atoms. The number of piperazine rings is 1. The number of anilines is 2. The van der Waals surface area contributed by atoms with Crippen LogP contribution in [0, 0.1) is 10.1 Å². The van der Waals surface area contributed by atoms with Gasteiger partial charge in [-0.1, -0.05) is 18.2 Å². The van der Waals surface area contributed by atoms with Gasteiger partial charge in [0, 0.05) is 73.9 Å².